The van der Waals surface area contributed by atoms with E-state index >= 15 is 0 Å². The molecule has 0 aromatic heterocycles. The first kappa shape index (κ1) is 9.53. The van der Waals surface area contributed by atoms with Crippen molar-refractivity contribution in [3.05, 3.63) is 24.0 Å². The highest BCUT2D eigenvalue weighted by molar-refractivity contribution is 5.90. The number of hydrogen-bond acceptors (Lipinski definition) is 3. The third-order valence-electron chi connectivity index (χ3n) is 1.66. The lowest BCUT2D eigenvalue weighted by molar-refractivity contribution is 0.559. The van der Waals surface area contributed by atoms with E-state index in [-0.39, 0.29) is 0 Å². The predicted octanol–water partition coefficient (Wildman–Crippen LogP) is 1.70. The van der Waals surface area contributed by atoms with Gasteiger partial charge in [0, 0.05) is 38.6 Å². The molecule has 3 heteroatoms. The Hall–Kier alpha value is -1.56. The number of rotatable bonds is 2. The second kappa shape index (κ2) is 4.46. The summed E-state index contributed by atoms with van der Waals surface area (Å²) in [7, 11) is 3.97. The van der Waals surface area contributed by atoms with Gasteiger partial charge in [-0.25, -0.2) is 0 Å². The molecule has 0 bridgehead atoms. The SMILES string of the molecule is CN(C)C=C1C=CN=C(CC#N)C1. The van der Waals surface area contributed by atoms with Crippen molar-refractivity contribution in [2.75, 3.05) is 14.1 Å². The number of aliphatic imine (C=N–C) groups is 1. The fourth-order valence-electron chi connectivity index (χ4n) is 1.20. The summed E-state index contributed by atoms with van der Waals surface area (Å²) in [6, 6.07) is 2.11. The normalized spacial score (nSPS) is 18.2. The van der Waals surface area contributed by atoms with Crippen LogP contribution in [0.2, 0.25) is 0 Å². The maximum absolute atomic E-state index is 8.50. The van der Waals surface area contributed by atoms with Crippen LogP contribution in [0.3, 0.4) is 0 Å². The molecule has 0 radical (unpaired) electrons. The summed E-state index contributed by atoms with van der Waals surface area (Å²) in [6.07, 6.45) is 6.99. The Balaban J connectivity index is 2.65. The molecular formula is C10H13N3. The maximum Gasteiger partial charge on any atom is 0.0738 e. The molecule has 1 heterocycles. The zero-order valence-corrected chi connectivity index (χ0v) is 7.99. The lowest BCUT2D eigenvalue weighted by Crippen LogP contribution is -2.07. The van der Waals surface area contributed by atoms with E-state index in [1.54, 1.807) is 6.20 Å². The minimum Gasteiger partial charge on any atom is -0.383 e. The topological polar surface area (TPSA) is 39.4 Å². The number of nitriles is 1. The van der Waals surface area contributed by atoms with E-state index in [9.17, 15) is 0 Å². The second-order valence-electron chi connectivity index (χ2n) is 3.19. The molecule has 0 N–H and O–H groups in total. The van der Waals surface area contributed by atoms with Crippen LogP contribution in [0.4, 0.5) is 0 Å². The molecule has 0 spiro atoms. The molecule has 0 aromatic rings. The molecule has 0 aromatic carbocycles. The van der Waals surface area contributed by atoms with Gasteiger partial charge in [0.15, 0.2) is 0 Å². The summed E-state index contributed by atoms with van der Waals surface area (Å²) in [5.41, 5.74) is 2.14. The Morgan fingerprint density at radius 2 is 2.46 bits per heavy atom. The lowest BCUT2D eigenvalue weighted by atomic mass is 10.1. The summed E-state index contributed by atoms with van der Waals surface area (Å²) >= 11 is 0. The molecule has 13 heavy (non-hydrogen) atoms. The van der Waals surface area contributed by atoms with Crippen molar-refractivity contribution in [2.24, 2.45) is 4.99 Å². The van der Waals surface area contributed by atoms with Crippen molar-refractivity contribution >= 4 is 5.71 Å². The van der Waals surface area contributed by atoms with Gasteiger partial charge >= 0.3 is 0 Å². The fourth-order valence-corrected chi connectivity index (χ4v) is 1.20. The molecule has 68 valence electrons. The Bertz CT molecular complexity index is 303. The van der Waals surface area contributed by atoms with Crippen LogP contribution in [0.1, 0.15) is 12.8 Å². The molecule has 0 fully saturated rings. The van der Waals surface area contributed by atoms with Gasteiger partial charge in [-0.05, 0) is 11.6 Å². The average molecular weight is 175 g/mol. The van der Waals surface area contributed by atoms with Gasteiger partial charge in [0.2, 0.25) is 0 Å². The summed E-state index contributed by atoms with van der Waals surface area (Å²) in [5, 5.41) is 8.50. The average Bonchev–Trinajstić information content (AvgIpc) is 2.04. The van der Waals surface area contributed by atoms with Crippen LogP contribution < -0.4 is 0 Å². The van der Waals surface area contributed by atoms with Crippen LogP contribution in [-0.4, -0.2) is 24.7 Å². The van der Waals surface area contributed by atoms with Gasteiger partial charge in [-0.3, -0.25) is 4.99 Å². The van der Waals surface area contributed by atoms with E-state index in [0.29, 0.717) is 6.42 Å². The molecule has 0 saturated heterocycles. The predicted molar refractivity (Wildman–Crippen MR) is 53.2 cm³/mol. The van der Waals surface area contributed by atoms with E-state index in [2.05, 4.69) is 11.1 Å². The number of nitrogens with zero attached hydrogens (tertiary/aromatic N) is 3. The molecule has 0 unspecified atom stereocenters. The van der Waals surface area contributed by atoms with Gasteiger partial charge in [-0.15, -0.1) is 0 Å². The van der Waals surface area contributed by atoms with Crippen molar-refractivity contribution in [1.29, 1.82) is 5.26 Å². The van der Waals surface area contributed by atoms with Gasteiger partial charge in [0.05, 0.1) is 12.5 Å². The number of allylic oxidation sites excluding steroid dienone is 2. The fraction of sp³-hybridized carbons (Fsp3) is 0.400. The molecule has 1 aliphatic heterocycles. The quantitative estimate of drug-likeness (QED) is 0.640. The highest BCUT2D eigenvalue weighted by Crippen LogP contribution is 2.12. The summed E-state index contributed by atoms with van der Waals surface area (Å²) in [4.78, 5) is 6.13. The molecule has 1 aliphatic rings. The number of hydrogen-bond donors (Lipinski definition) is 0. The monoisotopic (exact) mass is 175 g/mol. The van der Waals surface area contributed by atoms with Crippen LogP contribution in [0, 0.1) is 11.3 Å². The van der Waals surface area contributed by atoms with Gasteiger partial charge in [0.1, 0.15) is 0 Å². The van der Waals surface area contributed by atoms with Crippen LogP contribution >= 0.6 is 0 Å². The van der Waals surface area contributed by atoms with E-state index in [1.165, 1.54) is 5.57 Å². The van der Waals surface area contributed by atoms with E-state index in [0.717, 1.165) is 12.1 Å². The van der Waals surface area contributed by atoms with Crippen LogP contribution in [0.25, 0.3) is 0 Å². The molecule has 0 amide bonds. The van der Waals surface area contributed by atoms with Crippen LogP contribution in [-0.2, 0) is 0 Å². The Labute approximate surface area is 78.7 Å². The van der Waals surface area contributed by atoms with E-state index in [4.69, 9.17) is 5.26 Å². The third kappa shape index (κ3) is 3.12. The minimum atomic E-state index is 0.426. The molecular weight excluding hydrogens is 162 g/mol. The van der Waals surface area contributed by atoms with Crippen molar-refractivity contribution in [1.82, 2.24) is 4.90 Å². The zero-order chi connectivity index (χ0) is 9.68. The van der Waals surface area contributed by atoms with Crippen molar-refractivity contribution in [3.63, 3.8) is 0 Å². The Kier molecular flexibility index (Phi) is 3.27. The largest absolute Gasteiger partial charge is 0.383 e. The van der Waals surface area contributed by atoms with Crippen molar-refractivity contribution in [2.45, 2.75) is 12.8 Å². The third-order valence-corrected chi connectivity index (χ3v) is 1.66. The highest BCUT2D eigenvalue weighted by Gasteiger charge is 2.05. The van der Waals surface area contributed by atoms with Crippen LogP contribution in [0.15, 0.2) is 29.0 Å². The van der Waals surface area contributed by atoms with E-state index < -0.39 is 0 Å². The van der Waals surface area contributed by atoms with Crippen molar-refractivity contribution < 1.29 is 0 Å². The molecule has 0 saturated carbocycles. The first-order valence-corrected chi connectivity index (χ1v) is 4.18. The zero-order valence-electron chi connectivity index (χ0n) is 7.99. The lowest BCUT2D eigenvalue weighted by Gasteiger charge is -2.11. The molecule has 0 atom stereocenters. The smallest absolute Gasteiger partial charge is 0.0738 e. The first-order chi connectivity index (χ1) is 6.22. The summed E-state index contributed by atoms with van der Waals surface area (Å²) in [5.74, 6) is 0. The highest BCUT2D eigenvalue weighted by atomic mass is 15.0. The molecule has 1 rings (SSSR count). The van der Waals surface area contributed by atoms with Gasteiger partial charge in [-0.2, -0.15) is 5.26 Å². The van der Waals surface area contributed by atoms with Gasteiger partial charge in [-0.1, -0.05) is 0 Å². The molecule has 3 nitrogen and oxygen atoms in total. The van der Waals surface area contributed by atoms with Gasteiger partial charge < -0.3 is 4.90 Å². The first-order valence-electron chi connectivity index (χ1n) is 4.18. The Morgan fingerprint density at radius 1 is 1.69 bits per heavy atom. The summed E-state index contributed by atoms with van der Waals surface area (Å²) < 4.78 is 0. The minimum absolute atomic E-state index is 0.426. The molecule has 0 aliphatic carbocycles. The Morgan fingerprint density at radius 3 is 3.08 bits per heavy atom. The maximum atomic E-state index is 8.50. The van der Waals surface area contributed by atoms with Crippen molar-refractivity contribution in [3.8, 4) is 6.07 Å². The second-order valence-corrected chi connectivity index (χ2v) is 3.19. The van der Waals surface area contributed by atoms with Gasteiger partial charge in [0.25, 0.3) is 0 Å². The standard InChI is InChI=1S/C10H13N3/c1-13(2)8-9-4-6-12-10(7-9)3-5-11/h4,6,8H,3,7H2,1-2H3. The summed E-state index contributed by atoms with van der Waals surface area (Å²) in [6.45, 7) is 0. The van der Waals surface area contributed by atoms with E-state index in [1.807, 2.05) is 31.3 Å². The van der Waals surface area contributed by atoms with Crippen LogP contribution in [0.5, 0.6) is 0 Å².